The minimum atomic E-state index is -0.168. The van der Waals surface area contributed by atoms with Crippen LogP contribution in [0.15, 0.2) is 86.0 Å². The largest absolute Gasteiger partial charge is 0.348 e. The lowest BCUT2D eigenvalue weighted by molar-refractivity contribution is 0.200. The molecular weight excluding hydrogens is 474 g/mol. The number of anilines is 2. The topological polar surface area (TPSA) is 109 Å². The molecule has 8 nitrogen and oxygen atoms in total. The highest BCUT2D eigenvalue weighted by molar-refractivity contribution is 6.00. The first-order chi connectivity index (χ1) is 18.6. The van der Waals surface area contributed by atoms with Gasteiger partial charge in [-0.2, -0.15) is 10.5 Å². The van der Waals surface area contributed by atoms with Crippen molar-refractivity contribution in [2.24, 2.45) is 0 Å². The fourth-order valence-corrected chi connectivity index (χ4v) is 4.51. The van der Waals surface area contributed by atoms with Crippen LogP contribution in [0, 0.1) is 22.7 Å². The standard InChI is InChI=1S/C28H23N7O.C2H4.2H2/c1-19-18-34(28(36)31-23-12-8-21(17-30)9-13-23)14-15-35(19)27-25-5-3-2-4-24(25)26(32-33-27)22-10-6-20(16-29)7-11-22;1-2;;/h2-13,19H,14-15,18H2,1H3,(H,31,36);1-2H2;2*1H/t19-;;;/m0.../s1. The molecule has 192 valence electrons. The second kappa shape index (κ2) is 11.7. The zero-order valence-corrected chi connectivity index (χ0v) is 21.1. The number of hydrogen-bond acceptors (Lipinski definition) is 6. The molecule has 2 amide bonds. The van der Waals surface area contributed by atoms with Gasteiger partial charge in [0.25, 0.3) is 0 Å². The monoisotopic (exact) mass is 505 g/mol. The van der Waals surface area contributed by atoms with E-state index in [2.05, 4.69) is 52.6 Å². The van der Waals surface area contributed by atoms with Crippen LogP contribution in [0.25, 0.3) is 22.0 Å². The summed E-state index contributed by atoms with van der Waals surface area (Å²) >= 11 is 0. The second-order valence-corrected chi connectivity index (χ2v) is 8.71. The van der Waals surface area contributed by atoms with Crippen molar-refractivity contribution in [3.63, 3.8) is 0 Å². The van der Waals surface area contributed by atoms with E-state index < -0.39 is 0 Å². The summed E-state index contributed by atoms with van der Waals surface area (Å²) in [5, 5.41) is 32.1. The number of urea groups is 1. The molecule has 0 radical (unpaired) electrons. The first-order valence-electron chi connectivity index (χ1n) is 12.2. The van der Waals surface area contributed by atoms with Crippen molar-refractivity contribution in [2.45, 2.75) is 13.0 Å². The average molecular weight is 506 g/mol. The van der Waals surface area contributed by atoms with Crippen molar-refractivity contribution in [1.29, 1.82) is 10.5 Å². The minimum Gasteiger partial charge on any atom is -0.348 e. The summed E-state index contributed by atoms with van der Waals surface area (Å²) in [6.45, 7) is 9.78. The van der Waals surface area contributed by atoms with Gasteiger partial charge in [-0.1, -0.05) is 36.4 Å². The van der Waals surface area contributed by atoms with Crippen molar-refractivity contribution < 1.29 is 7.65 Å². The molecule has 0 unspecified atom stereocenters. The maximum Gasteiger partial charge on any atom is 0.321 e. The van der Waals surface area contributed by atoms with E-state index in [-0.39, 0.29) is 14.9 Å². The summed E-state index contributed by atoms with van der Waals surface area (Å²) in [4.78, 5) is 16.8. The molecule has 3 aromatic carbocycles. The van der Waals surface area contributed by atoms with Gasteiger partial charge in [-0.15, -0.1) is 23.4 Å². The lowest BCUT2D eigenvalue weighted by atomic mass is 10.0. The van der Waals surface area contributed by atoms with Crippen LogP contribution >= 0.6 is 0 Å². The van der Waals surface area contributed by atoms with Crippen molar-refractivity contribution in [1.82, 2.24) is 15.1 Å². The number of nitriles is 2. The van der Waals surface area contributed by atoms with Gasteiger partial charge in [-0.05, 0) is 43.3 Å². The van der Waals surface area contributed by atoms with E-state index in [0.717, 1.165) is 27.8 Å². The predicted octanol–water partition coefficient (Wildman–Crippen LogP) is 6.08. The highest BCUT2D eigenvalue weighted by atomic mass is 16.2. The quantitative estimate of drug-likeness (QED) is 0.338. The number of fused-ring (bicyclic) bond motifs is 1. The number of piperazine rings is 1. The van der Waals surface area contributed by atoms with Crippen molar-refractivity contribution >= 4 is 28.3 Å². The Balaban J connectivity index is 0.00000137. The van der Waals surface area contributed by atoms with Gasteiger partial charge >= 0.3 is 6.03 Å². The summed E-state index contributed by atoms with van der Waals surface area (Å²) in [5.41, 5.74) is 3.48. The first-order valence-corrected chi connectivity index (χ1v) is 12.2. The number of amides is 2. The van der Waals surface area contributed by atoms with Crippen LogP contribution < -0.4 is 10.2 Å². The molecule has 0 saturated carbocycles. The number of nitrogens with zero attached hydrogens (tertiary/aromatic N) is 6. The lowest BCUT2D eigenvalue weighted by Crippen LogP contribution is -2.55. The number of carbonyl (C=O) groups is 1. The van der Waals surface area contributed by atoms with Crippen LogP contribution in [0.3, 0.4) is 0 Å². The van der Waals surface area contributed by atoms with Gasteiger partial charge < -0.3 is 15.1 Å². The zero-order chi connectivity index (χ0) is 27.1. The Morgan fingerprint density at radius 2 is 1.53 bits per heavy atom. The summed E-state index contributed by atoms with van der Waals surface area (Å²) in [6, 6.07) is 26.3. The molecule has 1 saturated heterocycles. The number of rotatable bonds is 3. The maximum atomic E-state index is 12.9. The van der Waals surface area contributed by atoms with E-state index in [4.69, 9.17) is 10.5 Å². The van der Waals surface area contributed by atoms with E-state index in [1.165, 1.54) is 0 Å². The molecule has 0 aliphatic carbocycles. The van der Waals surface area contributed by atoms with Gasteiger partial charge in [0.2, 0.25) is 0 Å². The van der Waals surface area contributed by atoms with Crippen LogP contribution in [0.4, 0.5) is 16.3 Å². The number of hydrogen-bond donors (Lipinski definition) is 1. The van der Waals surface area contributed by atoms with Crippen LogP contribution in [-0.4, -0.2) is 46.8 Å². The average Bonchev–Trinajstić information content (AvgIpc) is 2.98. The van der Waals surface area contributed by atoms with E-state index >= 15 is 0 Å². The van der Waals surface area contributed by atoms with Crippen molar-refractivity contribution in [2.75, 3.05) is 29.9 Å². The van der Waals surface area contributed by atoms with Crippen molar-refractivity contribution in [3.8, 4) is 23.4 Å². The smallest absolute Gasteiger partial charge is 0.321 e. The van der Waals surface area contributed by atoms with Gasteiger partial charge in [0.1, 0.15) is 5.69 Å². The molecule has 1 atom stereocenters. The maximum absolute atomic E-state index is 12.9. The van der Waals surface area contributed by atoms with Crippen LogP contribution in [-0.2, 0) is 0 Å². The highest BCUT2D eigenvalue weighted by Gasteiger charge is 2.29. The normalized spacial score (nSPS) is 14.6. The van der Waals surface area contributed by atoms with Crippen LogP contribution in [0.1, 0.15) is 20.9 Å². The van der Waals surface area contributed by atoms with Crippen LogP contribution in [0.5, 0.6) is 0 Å². The summed E-state index contributed by atoms with van der Waals surface area (Å²) < 4.78 is 0. The third-order valence-corrected chi connectivity index (χ3v) is 6.41. The number of aromatic nitrogens is 2. The van der Waals surface area contributed by atoms with Gasteiger partial charge in [-0.3, -0.25) is 0 Å². The molecule has 1 aliphatic heterocycles. The Hall–Kier alpha value is -5.21. The molecule has 1 N–H and O–H groups in total. The molecule has 5 rings (SSSR count). The van der Waals surface area contributed by atoms with Gasteiger partial charge in [0.15, 0.2) is 5.82 Å². The Morgan fingerprint density at radius 1 is 0.921 bits per heavy atom. The lowest BCUT2D eigenvalue weighted by Gasteiger charge is -2.40. The second-order valence-electron chi connectivity index (χ2n) is 8.71. The fourth-order valence-electron chi connectivity index (χ4n) is 4.51. The minimum absolute atomic E-state index is 0. The Kier molecular flexibility index (Phi) is 7.95. The first kappa shape index (κ1) is 25.9. The number of carbonyl (C=O) groups excluding carboxylic acids is 1. The number of nitrogens with one attached hydrogen (secondary N) is 1. The molecule has 4 aromatic rings. The highest BCUT2D eigenvalue weighted by Crippen LogP contribution is 2.33. The Morgan fingerprint density at radius 3 is 2.13 bits per heavy atom. The molecule has 2 heterocycles. The van der Waals surface area contributed by atoms with Gasteiger partial charge in [0.05, 0.1) is 23.3 Å². The molecule has 1 aromatic heterocycles. The third kappa shape index (κ3) is 5.30. The molecular formula is C30H31N7O. The Bertz CT molecular complexity index is 1530. The molecule has 1 fully saturated rings. The SMILES string of the molecule is C=C.C[C@H]1CN(C(=O)Nc2ccc(C#N)cc2)CCN1c1nnc(-c2ccc(C#N)cc2)c2ccccc12.[HH].[HH]. The van der Waals surface area contributed by atoms with E-state index in [1.807, 2.05) is 36.4 Å². The predicted molar refractivity (Wildman–Crippen MR) is 154 cm³/mol. The van der Waals surface area contributed by atoms with E-state index in [1.54, 1.807) is 41.3 Å². The molecule has 0 spiro atoms. The summed E-state index contributed by atoms with van der Waals surface area (Å²) in [7, 11) is 0. The fraction of sp³-hybridized carbons (Fsp3) is 0.167. The molecule has 1 aliphatic rings. The zero-order valence-electron chi connectivity index (χ0n) is 21.1. The van der Waals surface area contributed by atoms with Gasteiger partial charge in [-0.25, -0.2) is 4.79 Å². The van der Waals surface area contributed by atoms with E-state index in [0.29, 0.717) is 36.4 Å². The molecule has 0 bridgehead atoms. The number of benzene rings is 3. The molecule has 8 heteroatoms. The van der Waals surface area contributed by atoms with Crippen LogP contribution in [0.2, 0.25) is 0 Å². The third-order valence-electron chi connectivity index (χ3n) is 6.41. The van der Waals surface area contributed by atoms with Crippen molar-refractivity contribution in [3.05, 3.63) is 97.1 Å². The Labute approximate surface area is 225 Å². The summed E-state index contributed by atoms with van der Waals surface area (Å²) in [6.07, 6.45) is 0. The van der Waals surface area contributed by atoms with Gasteiger partial charge in [0, 0.05) is 50.6 Å². The van der Waals surface area contributed by atoms with E-state index in [9.17, 15) is 4.79 Å². The molecule has 38 heavy (non-hydrogen) atoms. The summed E-state index contributed by atoms with van der Waals surface area (Å²) in [5.74, 6) is 0.794.